The first-order valence-electron chi connectivity index (χ1n) is 8.67. The van der Waals surface area contributed by atoms with Crippen molar-refractivity contribution in [1.82, 2.24) is 0 Å². The lowest BCUT2D eigenvalue weighted by Gasteiger charge is -2.11. The van der Waals surface area contributed by atoms with Crippen LogP contribution in [0, 0.1) is 13.7 Å². The van der Waals surface area contributed by atoms with Crippen LogP contribution in [0.1, 0.15) is 16.7 Å². The van der Waals surface area contributed by atoms with E-state index in [1.54, 1.807) is 18.3 Å². The van der Waals surface area contributed by atoms with Crippen LogP contribution in [-0.4, -0.2) is 11.1 Å². The Morgan fingerprint density at radius 2 is 1.70 bits per heavy atom. The first-order chi connectivity index (χ1) is 14.4. The van der Waals surface area contributed by atoms with Gasteiger partial charge in [0.1, 0.15) is 19.0 Å². The van der Waals surface area contributed by atoms with Crippen molar-refractivity contribution in [3.8, 4) is 5.75 Å². The Kier molecular flexibility index (Phi) is 8.23. The Hall–Kier alpha value is -1.98. The molecule has 0 bridgehead atoms. The lowest BCUT2D eigenvalue weighted by Crippen LogP contribution is -1.98. The van der Waals surface area contributed by atoms with Crippen molar-refractivity contribution in [2.24, 2.45) is 5.16 Å². The lowest BCUT2D eigenvalue weighted by molar-refractivity contribution is -0.384. The highest BCUT2D eigenvalue weighted by atomic mass is 127. The number of rotatable bonds is 8. The average molecular weight is 646 g/mol. The molecule has 0 aliphatic heterocycles. The molecule has 0 atom stereocenters. The van der Waals surface area contributed by atoms with E-state index >= 15 is 0 Å². The van der Waals surface area contributed by atoms with Gasteiger partial charge in [0, 0.05) is 15.7 Å². The minimum atomic E-state index is -0.441. The summed E-state index contributed by atoms with van der Waals surface area (Å²) in [6.07, 6.45) is 1.57. The molecule has 0 saturated carbocycles. The van der Waals surface area contributed by atoms with E-state index in [-0.39, 0.29) is 12.3 Å². The first-order valence-corrected chi connectivity index (χ1v) is 11.3. The minimum absolute atomic E-state index is 0.0220. The second kappa shape index (κ2) is 10.9. The van der Waals surface area contributed by atoms with E-state index in [1.165, 1.54) is 15.7 Å². The van der Waals surface area contributed by atoms with E-state index in [9.17, 15) is 10.1 Å². The highest BCUT2D eigenvalue weighted by Crippen LogP contribution is 2.35. The normalized spacial score (nSPS) is 10.9. The fourth-order valence-electron chi connectivity index (χ4n) is 2.50. The van der Waals surface area contributed by atoms with E-state index in [4.69, 9.17) is 9.57 Å². The van der Waals surface area contributed by atoms with Crippen molar-refractivity contribution < 1.29 is 14.5 Å². The van der Waals surface area contributed by atoms with E-state index in [0.29, 0.717) is 17.9 Å². The monoisotopic (exact) mass is 644 g/mol. The molecule has 0 heterocycles. The van der Waals surface area contributed by atoms with Gasteiger partial charge in [-0.3, -0.25) is 10.1 Å². The lowest BCUT2D eigenvalue weighted by atomic mass is 10.2. The molecule has 0 aliphatic rings. The predicted molar refractivity (Wildman–Crippen MR) is 131 cm³/mol. The number of non-ortho nitro benzene ring substituents is 1. The summed E-state index contributed by atoms with van der Waals surface area (Å²) in [7, 11) is 0. The third-order valence-corrected chi connectivity index (χ3v) is 5.84. The van der Waals surface area contributed by atoms with Crippen LogP contribution in [0.15, 0.2) is 74.8 Å². The smallest absolute Gasteiger partial charge is 0.269 e. The predicted octanol–water partition coefficient (Wildman–Crippen LogP) is 6.85. The number of benzene rings is 3. The van der Waals surface area contributed by atoms with Crippen molar-refractivity contribution in [1.29, 1.82) is 0 Å². The Balaban J connectivity index is 1.59. The van der Waals surface area contributed by atoms with Crippen LogP contribution in [-0.2, 0) is 18.1 Å². The number of oxime groups is 1. The van der Waals surface area contributed by atoms with E-state index in [1.807, 2.05) is 36.4 Å². The first kappa shape index (κ1) is 22.7. The van der Waals surface area contributed by atoms with Gasteiger partial charge in [0.05, 0.1) is 20.1 Å². The summed E-state index contributed by atoms with van der Waals surface area (Å²) in [5.41, 5.74) is 2.57. The average Bonchev–Trinajstić information content (AvgIpc) is 2.72. The maximum atomic E-state index is 10.8. The fourth-order valence-corrected chi connectivity index (χ4v) is 4.31. The van der Waals surface area contributed by atoms with Crippen LogP contribution in [0.25, 0.3) is 0 Å². The molecule has 0 aliphatic carbocycles. The Labute approximate surface area is 203 Å². The highest BCUT2D eigenvalue weighted by molar-refractivity contribution is 14.1. The molecule has 0 saturated heterocycles. The number of halogens is 3. The molecule has 0 radical (unpaired) electrons. The summed E-state index contributed by atoms with van der Waals surface area (Å²) in [5.74, 6) is 0.697. The summed E-state index contributed by atoms with van der Waals surface area (Å²) in [6.45, 7) is 0.589. The molecule has 0 N–H and O–H groups in total. The quantitative estimate of drug-likeness (QED) is 0.116. The second-order valence-electron chi connectivity index (χ2n) is 6.16. The van der Waals surface area contributed by atoms with Crippen LogP contribution in [0.4, 0.5) is 5.69 Å². The van der Waals surface area contributed by atoms with Crippen molar-refractivity contribution in [2.75, 3.05) is 0 Å². The van der Waals surface area contributed by atoms with Crippen molar-refractivity contribution in [3.05, 3.63) is 100.0 Å². The van der Waals surface area contributed by atoms with Gasteiger partial charge in [-0.2, -0.15) is 0 Å². The molecule has 0 fully saturated rings. The SMILES string of the molecule is O=[N+]([O-])c1cccc(CO/N=C\c2cc(Br)c(OCc3ccc(I)cc3)c(Br)c2)c1. The zero-order chi connectivity index (χ0) is 21.5. The fraction of sp³-hybridized carbons (Fsp3) is 0.0952. The number of nitrogens with zero attached hydrogens (tertiary/aromatic N) is 2. The molecule has 154 valence electrons. The highest BCUT2D eigenvalue weighted by Gasteiger charge is 2.09. The standard InChI is InChI=1S/C21H15Br2IN2O4/c22-19-9-16(11-25-30-13-15-2-1-3-18(8-15)26(27)28)10-20(23)21(19)29-12-14-4-6-17(24)7-5-14/h1-11H,12-13H2/b25-11-. The molecular formula is C21H15Br2IN2O4. The molecule has 30 heavy (non-hydrogen) atoms. The third kappa shape index (κ3) is 6.51. The van der Waals surface area contributed by atoms with Crippen LogP contribution >= 0.6 is 54.5 Å². The molecule has 3 aromatic carbocycles. The third-order valence-electron chi connectivity index (χ3n) is 3.95. The van der Waals surface area contributed by atoms with Crippen LogP contribution in [0.5, 0.6) is 5.75 Å². The van der Waals surface area contributed by atoms with Gasteiger partial charge in [0.15, 0.2) is 0 Å². The van der Waals surface area contributed by atoms with Gasteiger partial charge < -0.3 is 9.57 Å². The van der Waals surface area contributed by atoms with Crippen molar-refractivity contribution >= 4 is 66.4 Å². The molecule has 0 unspecified atom stereocenters. The van der Waals surface area contributed by atoms with Gasteiger partial charge in [0.2, 0.25) is 0 Å². The summed E-state index contributed by atoms with van der Waals surface area (Å²) in [4.78, 5) is 15.6. The van der Waals surface area contributed by atoms with Gasteiger partial charge >= 0.3 is 0 Å². The van der Waals surface area contributed by atoms with Crippen LogP contribution in [0.2, 0.25) is 0 Å². The summed E-state index contributed by atoms with van der Waals surface area (Å²) in [6, 6.07) is 18.1. The summed E-state index contributed by atoms with van der Waals surface area (Å²) >= 11 is 9.32. The van der Waals surface area contributed by atoms with Crippen LogP contribution in [0.3, 0.4) is 0 Å². The number of nitro benzene ring substituents is 1. The number of hydrogen-bond donors (Lipinski definition) is 0. The summed E-state index contributed by atoms with van der Waals surface area (Å²) < 4.78 is 8.67. The maximum absolute atomic E-state index is 10.8. The van der Waals surface area contributed by atoms with Gasteiger partial charge in [-0.05, 0) is 95.4 Å². The van der Waals surface area contributed by atoms with Crippen LogP contribution < -0.4 is 4.74 Å². The molecule has 3 aromatic rings. The molecule has 0 spiro atoms. The molecule has 0 amide bonds. The largest absolute Gasteiger partial charge is 0.487 e. The topological polar surface area (TPSA) is 74.0 Å². The van der Waals surface area contributed by atoms with E-state index in [0.717, 1.165) is 20.1 Å². The number of nitro groups is 1. The van der Waals surface area contributed by atoms with Gasteiger partial charge in [-0.15, -0.1) is 0 Å². The van der Waals surface area contributed by atoms with E-state index < -0.39 is 4.92 Å². The van der Waals surface area contributed by atoms with Gasteiger partial charge in [-0.25, -0.2) is 0 Å². The molecule has 3 rings (SSSR count). The molecule has 0 aromatic heterocycles. The molecule has 6 nitrogen and oxygen atoms in total. The van der Waals surface area contributed by atoms with Gasteiger partial charge in [-0.1, -0.05) is 29.4 Å². The zero-order valence-electron chi connectivity index (χ0n) is 15.4. The Bertz CT molecular complexity index is 1050. The number of ether oxygens (including phenoxy) is 1. The minimum Gasteiger partial charge on any atom is -0.487 e. The van der Waals surface area contributed by atoms with Crippen molar-refractivity contribution in [3.63, 3.8) is 0 Å². The second-order valence-corrected chi connectivity index (χ2v) is 9.12. The summed E-state index contributed by atoms with van der Waals surface area (Å²) in [5, 5.41) is 14.8. The maximum Gasteiger partial charge on any atom is 0.269 e. The molecular weight excluding hydrogens is 631 g/mol. The Morgan fingerprint density at radius 3 is 2.37 bits per heavy atom. The number of hydrogen-bond acceptors (Lipinski definition) is 5. The van der Waals surface area contributed by atoms with Gasteiger partial charge in [0.25, 0.3) is 5.69 Å². The Morgan fingerprint density at radius 1 is 1.00 bits per heavy atom. The molecule has 9 heteroatoms. The zero-order valence-corrected chi connectivity index (χ0v) is 20.8. The van der Waals surface area contributed by atoms with E-state index in [2.05, 4.69) is 59.6 Å². The van der Waals surface area contributed by atoms with Crippen molar-refractivity contribution in [2.45, 2.75) is 13.2 Å².